The van der Waals surface area contributed by atoms with E-state index in [1.807, 2.05) is 20.8 Å². The van der Waals surface area contributed by atoms with Gasteiger partial charge >= 0.3 is 6.01 Å². The number of aromatic nitrogens is 2. The predicted molar refractivity (Wildman–Crippen MR) is 77.9 cm³/mol. The van der Waals surface area contributed by atoms with Gasteiger partial charge in [-0.1, -0.05) is 19.3 Å². The van der Waals surface area contributed by atoms with Crippen LogP contribution in [-0.4, -0.2) is 22.5 Å². The zero-order valence-electron chi connectivity index (χ0n) is 12.5. The summed E-state index contributed by atoms with van der Waals surface area (Å²) in [4.78, 5) is 20.8. The fraction of sp³-hybridized carbons (Fsp3) is 0.667. The lowest BCUT2D eigenvalue weighted by atomic mass is 9.88. The number of aryl methyl sites for hydroxylation is 2. The van der Waals surface area contributed by atoms with Crippen LogP contribution in [0.2, 0.25) is 0 Å². The number of rotatable bonds is 4. The van der Waals surface area contributed by atoms with Gasteiger partial charge in [0.05, 0.1) is 23.7 Å². The molecule has 1 aliphatic carbocycles. The standard InChI is InChI=1S/C15H23N3O2/c1-4-20-15-16-10(2)13(11(3)17-15)18-14(19)12-8-6-5-7-9-12/h12H,4-9H2,1-3H3,(H,18,19). The summed E-state index contributed by atoms with van der Waals surface area (Å²) < 4.78 is 5.31. The lowest BCUT2D eigenvalue weighted by Gasteiger charge is -2.21. The Kier molecular flexibility index (Phi) is 4.93. The third-order valence-electron chi connectivity index (χ3n) is 3.75. The molecule has 5 nitrogen and oxygen atoms in total. The summed E-state index contributed by atoms with van der Waals surface area (Å²) in [6.45, 7) is 6.17. The maximum absolute atomic E-state index is 12.3. The van der Waals surface area contributed by atoms with Gasteiger partial charge in [0.15, 0.2) is 0 Å². The predicted octanol–water partition coefficient (Wildman–Crippen LogP) is 3.01. The molecule has 0 atom stereocenters. The van der Waals surface area contributed by atoms with E-state index in [0.29, 0.717) is 12.6 Å². The van der Waals surface area contributed by atoms with Crippen LogP contribution < -0.4 is 10.1 Å². The molecular formula is C15H23N3O2. The molecule has 5 heteroatoms. The van der Waals surface area contributed by atoms with Crippen LogP contribution in [0.4, 0.5) is 5.69 Å². The summed E-state index contributed by atoms with van der Waals surface area (Å²) >= 11 is 0. The lowest BCUT2D eigenvalue weighted by Crippen LogP contribution is -2.26. The molecule has 1 aliphatic rings. The number of hydrogen-bond donors (Lipinski definition) is 1. The molecular weight excluding hydrogens is 254 g/mol. The van der Waals surface area contributed by atoms with Gasteiger partial charge in [-0.25, -0.2) is 0 Å². The third-order valence-corrected chi connectivity index (χ3v) is 3.75. The minimum atomic E-state index is 0.101. The van der Waals surface area contributed by atoms with Crippen LogP contribution in [0.1, 0.15) is 50.4 Å². The van der Waals surface area contributed by atoms with Crippen LogP contribution in [0.15, 0.2) is 0 Å². The zero-order chi connectivity index (χ0) is 14.5. The molecule has 20 heavy (non-hydrogen) atoms. The Hall–Kier alpha value is -1.65. The number of hydrogen-bond acceptors (Lipinski definition) is 4. The Labute approximate surface area is 120 Å². The van der Waals surface area contributed by atoms with Crippen molar-refractivity contribution in [3.05, 3.63) is 11.4 Å². The second kappa shape index (κ2) is 6.68. The third kappa shape index (κ3) is 3.46. The molecule has 1 saturated carbocycles. The van der Waals surface area contributed by atoms with E-state index in [1.165, 1.54) is 6.42 Å². The molecule has 0 saturated heterocycles. The number of carbonyl (C=O) groups excluding carboxylic acids is 1. The van der Waals surface area contributed by atoms with Gasteiger partial charge in [-0.2, -0.15) is 9.97 Å². The van der Waals surface area contributed by atoms with Crippen LogP contribution >= 0.6 is 0 Å². The Morgan fingerprint density at radius 2 is 1.80 bits per heavy atom. The van der Waals surface area contributed by atoms with Gasteiger partial charge in [0.1, 0.15) is 0 Å². The molecule has 1 aromatic rings. The summed E-state index contributed by atoms with van der Waals surface area (Å²) in [5.74, 6) is 0.234. The minimum Gasteiger partial charge on any atom is -0.464 e. The van der Waals surface area contributed by atoms with Gasteiger partial charge in [-0.05, 0) is 33.6 Å². The van der Waals surface area contributed by atoms with Crippen LogP contribution in [-0.2, 0) is 4.79 Å². The van der Waals surface area contributed by atoms with Crippen molar-refractivity contribution in [1.82, 2.24) is 9.97 Å². The summed E-state index contributed by atoms with van der Waals surface area (Å²) in [5.41, 5.74) is 2.24. The van der Waals surface area contributed by atoms with Crippen LogP contribution in [0.5, 0.6) is 6.01 Å². The van der Waals surface area contributed by atoms with E-state index in [0.717, 1.165) is 42.8 Å². The van der Waals surface area contributed by atoms with Crippen LogP contribution in [0.25, 0.3) is 0 Å². The Morgan fingerprint density at radius 3 is 2.35 bits per heavy atom. The molecule has 0 bridgehead atoms. The normalized spacial score (nSPS) is 15.9. The Morgan fingerprint density at radius 1 is 1.20 bits per heavy atom. The van der Waals surface area contributed by atoms with Crippen LogP contribution in [0, 0.1) is 19.8 Å². The van der Waals surface area contributed by atoms with Crippen molar-refractivity contribution in [2.75, 3.05) is 11.9 Å². The molecule has 0 radical (unpaired) electrons. The van der Waals surface area contributed by atoms with Crippen molar-refractivity contribution in [3.63, 3.8) is 0 Å². The SMILES string of the molecule is CCOc1nc(C)c(NC(=O)C2CCCCC2)c(C)n1. The highest BCUT2D eigenvalue weighted by atomic mass is 16.5. The number of amides is 1. The van der Waals surface area contributed by atoms with Gasteiger partial charge < -0.3 is 10.1 Å². The first-order valence-corrected chi connectivity index (χ1v) is 7.40. The summed E-state index contributed by atoms with van der Waals surface area (Å²) in [7, 11) is 0. The number of nitrogens with zero attached hydrogens (tertiary/aromatic N) is 2. The average Bonchev–Trinajstić information content (AvgIpc) is 2.44. The Balaban J connectivity index is 2.10. The highest BCUT2D eigenvalue weighted by Gasteiger charge is 2.22. The average molecular weight is 277 g/mol. The van der Waals surface area contributed by atoms with Crippen molar-refractivity contribution < 1.29 is 9.53 Å². The molecule has 1 aromatic heterocycles. The molecule has 110 valence electrons. The molecule has 0 aromatic carbocycles. The minimum absolute atomic E-state index is 0.101. The van der Waals surface area contributed by atoms with E-state index in [9.17, 15) is 4.79 Å². The Bertz CT molecular complexity index is 459. The van der Waals surface area contributed by atoms with Crippen molar-refractivity contribution in [3.8, 4) is 6.01 Å². The molecule has 2 rings (SSSR count). The maximum Gasteiger partial charge on any atom is 0.316 e. The highest BCUT2D eigenvalue weighted by Crippen LogP contribution is 2.26. The second-order valence-electron chi connectivity index (χ2n) is 5.31. The van der Waals surface area contributed by atoms with E-state index in [4.69, 9.17) is 4.74 Å². The topological polar surface area (TPSA) is 64.1 Å². The number of carbonyl (C=O) groups is 1. The van der Waals surface area contributed by atoms with Crippen molar-refractivity contribution in [2.45, 2.75) is 52.9 Å². The van der Waals surface area contributed by atoms with Gasteiger partial charge in [0.2, 0.25) is 5.91 Å². The first-order valence-electron chi connectivity index (χ1n) is 7.40. The lowest BCUT2D eigenvalue weighted by molar-refractivity contribution is -0.120. The zero-order valence-corrected chi connectivity index (χ0v) is 12.5. The van der Waals surface area contributed by atoms with Gasteiger partial charge in [0, 0.05) is 5.92 Å². The second-order valence-corrected chi connectivity index (χ2v) is 5.31. The maximum atomic E-state index is 12.3. The van der Waals surface area contributed by atoms with Crippen molar-refractivity contribution in [2.24, 2.45) is 5.92 Å². The van der Waals surface area contributed by atoms with Gasteiger partial charge in [-0.15, -0.1) is 0 Å². The number of anilines is 1. The molecule has 1 fully saturated rings. The van der Waals surface area contributed by atoms with Gasteiger partial charge in [-0.3, -0.25) is 4.79 Å². The first-order chi connectivity index (χ1) is 9.61. The highest BCUT2D eigenvalue weighted by molar-refractivity contribution is 5.93. The van der Waals surface area contributed by atoms with E-state index in [1.54, 1.807) is 0 Å². The molecule has 0 aliphatic heterocycles. The summed E-state index contributed by atoms with van der Waals surface area (Å²) in [5, 5.41) is 3.00. The molecule has 1 heterocycles. The fourth-order valence-corrected chi connectivity index (χ4v) is 2.65. The van der Waals surface area contributed by atoms with E-state index < -0.39 is 0 Å². The van der Waals surface area contributed by atoms with Crippen molar-refractivity contribution in [1.29, 1.82) is 0 Å². The number of ether oxygens (including phenoxy) is 1. The van der Waals surface area contributed by atoms with E-state index in [2.05, 4.69) is 15.3 Å². The van der Waals surface area contributed by atoms with E-state index in [-0.39, 0.29) is 11.8 Å². The molecule has 1 amide bonds. The first kappa shape index (κ1) is 14.8. The smallest absolute Gasteiger partial charge is 0.316 e. The largest absolute Gasteiger partial charge is 0.464 e. The molecule has 0 spiro atoms. The monoisotopic (exact) mass is 277 g/mol. The molecule has 1 N–H and O–H groups in total. The number of nitrogens with one attached hydrogen (secondary N) is 1. The summed E-state index contributed by atoms with van der Waals surface area (Å²) in [6.07, 6.45) is 5.52. The van der Waals surface area contributed by atoms with Crippen LogP contribution in [0.3, 0.4) is 0 Å². The molecule has 0 unspecified atom stereocenters. The quantitative estimate of drug-likeness (QED) is 0.918. The fourth-order valence-electron chi connectivity index (χ4n) is 2.65. The summed E-state index contributed by atoms with van der Waals surface area (Å²) in [6, 6.07) is 0.373. The van der Waals surface area contributed by atoms with E-state index >= 15 is 0 Å². The van der Waals surface area contributed by atoms with Crippen molar-refractivity contribution >= 4 is 11.6 Å². The van der Waals surface area contributed by atoms with Gasteiger partial charge in [0.25, 0.3) is 0 Å².